The van der Waals surface area contributed by atoms with Crippen molar-refractivity contribution in [2.24, 2.45) is 5.10 Å². The Bertz CT molecular complexity index is 1030. The van der Waals surface area contributed by atoms with Gasteiger partial charge in [-0.3, -0.25) is 9.59 Å². The highest BCUT2D eigenvalue weighted by atomic mass is 16.5. The van der Waals surface area contributed by atoms with Crippen molar-refractivity contribution in [2.45, 2.75) is 13.5 Å². The number of para-hydroxylation sites is 1. The maximum absolute atomic E-state index is 12.0. The van der Waals surface area contributed by atoms with Crippen LogP contribution in [0.25, 0.3) is 0 Å². The lowest BCUT2D eigenvalue weighted by molar-refractivity contribution is -0.136. The van der Waals surface area contributed by atoms with Gasteiger partial charge in [-0.05, 0) is 48.9 Å². The van der Waals surface area contributed by atoms with Crippen molar-refractivity contribution in [2.75, 3.05) is 11.9 Å². The molecule has 0 heterocycles. The minimum absolute atomic E-state index is 0.405. The molecule has 0 bridgehead atoms. The highest BCUT2D eigenvalue weighted by molar-refractivity contribution is 6.39. The van der Waals surface area contributed by atoms with Gasteiger partial charge in [0, 0.05) is 11.3 Å². The van der Waals surface area contributed by atoms with Crippen LogP contribution in [-0.4, -0.2) is 24.6 Å². The van der Waals surface area contributed by atoms with Crippen LogP contribution >= 0.6 is 0 Å². The fourth-order valence-electron chi connectivity index (χ4n) is 2.65. The van der Waals surface area contributed by atoms with Gasteiger partial charge in [0.15, 0.2) is 0 Å². The summed E-state index contributed by atoms with van der Waals surface area (Å²) in [6.45, 7) is 2.84. The molecule has 158 valence electrons. The molecule has 0 radical (unpaired) electrons. The molecule has 0 spiro atoms. The molecule has 2 N–H and O–H groups in total. The van der Waals surface area contributed by atoms with E-state index >= 15 is 0 Å². The molecule has 2 amide bonds. The molecule has 0 aliphatic rings. The first-order valence-electron chi connectivity index (χ1n) is 9.78. The second kappa shape index (κ2) is 11.2. The maximum atomic E-state index is 12.0. The fraction of sp³-hybridized carbons (Fsp3) is 0.125. The van der Waals surface area contributed by atoms with Gasteiger partial charge in [0.1, 0.15) is 18.1 Å². The molecule has 0 fully saturated rings. The first-order chi connectivity index (χ1) is 15.2. The van der Waals surface area contributed by atoms with Crippen molar-refractivity contribution in [3.63, 3.8) is 0 Å². The summed E-state index contributed by atoms with van der Waals surface area (Å²) in [7, 11) is 0. The van der Waals surface area contributed by atoms with E-state index in [1.54, 1.807) is 30.3 Å². The van der Waals surface area contributed by atoms with Gasteiger partial charge in [0.05, 0.1) is 12.8 Å². The van der Waals surface area contributed by atoms with Gasteiger partial charge in [-0.25, -0.2) is 5.43 Å². The molecule has 3 aromatic carbocycles. The van der Waals surface area contributed by atoms with Gasteiger partial charge in [-0.15, -0.1) is 0 Å². The number of carbonyl (C=O) groups excluding carboxylic acids is 2. The van der Waals surface area contributed by atoms with Crippen molar-refractivity contribution in [1.29, 1.82) is 0 Å². The molecule has 0 saturated heterocycles. The van der Waals surface area contributed by atoms with Crippen molar-refractivity contribution in [3.05, 3.63) is 90.0 Å². The largest absolute Gasteiger partial charge is 0.494 e. The molecule has 0 atom stereocenters. The maximum Gasteiger partial charge on any atom is 0.329 e. The number of carbonyl (C=O) groups is 2. The van der Waals surface area contributed by atoms with Crippen molar-refractivity contribution >= 4 is 23.7 Å². The van der Waals surface area contributed by atoms with E-state index in [1.807, 2.05) is 55.5 Å². The van der Waals surface area contributed by atoms with Crippen LogP contribution in [0.4, 0.5) is 5.69 Å². The summed E-state index contributed by atoms with van der Waals surface area (Å²) < 4.78 is 11.2. The topological polar surface area (TPSA) is 89.0 Å². The number of nitrogens with one attached hydrogen (secondary N) is 2. The third kappa shape index (κ3) is 6.71. The highest BCUT2D eigenvalue weighted by Crippen LogP contribution is 2.18. The van der Waals surface area contributed by atoms with Gasteiger partial charge in [0.25, 0.3) is 0 Å². The monoisotopic (exact) mass is 417 g/mol. The zero-order chi connectivity index (χ0) is 21.9. The van der Waals surface area contributed by atoms with Crippen LogP contribution in [0.2, 0.25) is 0 Å². The predicted octanol–water partition coefficient (Wildman–Crippen LogP) is 3.75. The molecule has 3 rings (SSSR count). The first kappa shape index (κ1) is 21.6. The average Bonchev–Trinajstić information content (AvgIpc) is 2.80. The molecule has 3 aromatic rings. The predicted molar refractivity (Wildman–Crippen MR) is 119 cm³/mol. The summed E-state index contributed by atoms with van der Waals surface area (Å²) in [4.78, 5) is 24.0. The zero-order valence-corrected chi connectivity index (χ0v) is 17.1. The second-order valence-corrected chi connectivity index (χ2v) is 6.42. The first-order valence-corrected chi connectivity index (χ1v) is 9.78. The number of hydrogen-bond acceptors (Lipinski definition) is 5. The summed E-state index contributed by atoms with van der Waals surface area (Å²) >= 11 is 0. The molecular weight excluding hydrogens is 394 g/mol. The number of amides is 2. The quantitative estimate of drug-likeness (QED) is 0.332. The van der Waals surface area contributed by atoms with Crippen molar-refractivity contribution < 1.29 is 19.1 Å². The summed E-state index contributed by atoms with van der Waals surface area (Å²) in [5.74, 6) is -0.409. The van der Waals surface area contributed by atoms with Crippen LogP contribution in [0.15, 0.2) is 84.0 Å². The summed E-state index contributed by atoms with van der Waals surface area (Å²) in [6.07, 6.45) is 1.43. The number of hydrazone groups is 1. The lowest BCUT2D eigenvalue weighted by atomic mass is 10.2. The number of hydrogen-bond donors (Lipinski definition) is 2. The van der Waals surface area contributed by atoms with E-state index in [-0.39, 0.29) is 0 Å². The Kier molecular flexibility index (Phi) is 7.77. The van der Waals surface area contributed by atoms with E-state index in [2.05, 4.69) is 15.8 Å². The molecule has 0 saturated carbocycles. The average molecular weight is 417 g/mol. The van der Waals surface area contributed by atoms with Crippen molar-refractivity contribution in [3.8, 4) is 11.5 Å². The van der Waals surface area contributed by atoms with Crippen LogP contribution in [0.5, 0.6) is 11.5 Å². The normalized spacial score (nSPS) is 10.5. The number of benzene rings is 3. The third-order valence-corrected chi connectivity index (χ3v) is 4.16. The molecule has 7 heteroatoms. The van der Waals surface area contributed by atoms with E-state index in [9.17, 15) is 9.59 Å². The minimum Gasteiger partial charge on any atom is -0.494 e. The summed E-state index contributed by atoms with van der Waals surface area (Å²) in [6, 6.07) is 23.8. The fourth-order valence-corrected chi connectivity index (χ4v) is 2.65. The van der Waals surface area contributed by atoms with Crippen LogP contribution in [0.3, 0.4) is 0 Å². The number of nitrogens with zero attached hydrogens (tertiary/aromatic N) is 1. The number of ether oxygens (including phenoxy) is 2. The molecule has 31 heavy (non-hydrogen) atoms. The summed E-state index contributed by atoms with van der Waals surface area (Å²) in [5.41, 5.74) is 4.41. The van der Waals surface area contributed by atoms with Crippen molar-refractivity contribution in [1.82, 2.24) is 5.43 Å². The molecule has 0 aromatic heterocycles. The molecule has 7 nitrogen and oxygen atoms in total. The Labute approximate surface area is 180 Å². The van der Waals surface area contributed by atoms with E-state index in [1.165, 1.54) is 6.21 Å². The SMILES string of the molecule is CCOc1ccc(NC(=O)C(=O)N/N=C/c2ccccc2OCc2ccccc2)cc1. The van der Waals surface area contributed by atoms with Crippen LogP contribution in [-0.2, 0) is 16.2 Å². The minimum atomic E-state index is -0.882. The molecule has 0 aliphatic carbocycles. The Morgan fingerprint density at radius 1 is 0.871 bits per heavy atom. The van der Waals surface area contributed by atoms with Gasteiger partial charge in [-0.2, -0.15) is 5.10 Å². The smallest absolute Gasteiger partial charge is 0.329 e. The molecule has 0 unspecified atom stereocenters. The van der Waals surface area contributed by atoms with E-state index in [0.29, 0.717) is 36.0 Å². The van der Waals surface area contributed by atoms with Crippen LogP contribution in [0.1, 0.15) is 18.1 Å². The van der Waals surface area contributed by atoms with Gasteiger partial charge >= 0.3 is 11.8 Å². The van der Waals surface area contributed by atoms with Gasteiger partial charge in [-0.1, -0.05) is 42.5 Å². The second-order valence-electron chi connectivity index (χ2n) is 6.42. The Balaban J connectivity index is 1.53. The zero-order valence-electron chi connectivity index (χ0n) is 17.1. The van der Waals surface area contributed by atoms with E-state index in [4.69, 9.17) is 9.47 Å². The lowest BCUT2D eigenvalue weighted by Gasteiger charge is -2.09. The lowest BCUT2D eigenvalue weighted by Crippen LogP contribution is -2.32. The Morgan fingerprint density at radius 3 is 2.32 bits per heavy atom. The highest BCUT2D eigenvalue weighted by Gasteiger charge is 2.13. The Morgan fingerprint density at radius 2 is 1.58 bits per heavy atom. The molecular formula is C24H23N3O4. The number of anilines is 1. The number of rotatable bonds is 8. The summed E-state index contributed by atoms with van der Waals surface area (Å²) in [5, 5.41) is 6.38. The van der Waals surface area contributed by atoms with Crippen LogP contribution < -0.4 is 20.2 Å². The van der Waals surface area contributed by atoms with Gasteiger partial charge in [0.2, 0.25) is 0 Å². The molecule has 0 aliphatic heterocycles. The Hall–Kier alpha value is -4.13. The van der Waals surface area contributed by atoms with Crippen LogP contribution in [0, 0.1) is 0 Å². The van der Waals surface area contributed by atoms with E-state index < -0.39 is 11.8 Å². The van der Waals surface area contributed by atoms with Gasteiger partial charge < -0.3 is 14.8 Å². The van der Waals surface area contributed by atoms with E-state index in [0.717, 1.165) is 5.56 Å². The standard InChI is InChI=1S/C24H23N3O4/c1-2-30-21-14-12-20(13-15-21)26-23(28)24(29)27-25-16-19-10-6-7-11-22(19)31-17-18-8-4-3-5-9-18/h3-16H,2,17H2,1H3,(H,26,28)(H,27,29)/b25-16+. The third-order valence-electron chi connectivity index (χ3n) is 4.16.